The second-order valence-electron chi connectivity index (χ2n) is 3.38. The number of aromatic nitrogens is 2. The molecule has 0 saturated heterocycles. The van der Waals surface area contributed by atoms with Crippen molar-refractivity contribution < 1.29 is 9.90 Å². The van der Waals surface area contributed by atoms with Crippen LogP contribution in [0.2, 0.25) is 0 Å². The molecule has 80 valence electrons. The van der Waals surface area contributed by atoms with Crippen molar-refractivity contribution in [3.63, 3.8) is 0 Å². The molecule has 1 aromatic carbocycles. The van der Waals surface area contributed by atoms with E-state index in [0.29, 0.717) is 5.69 Å². The van der Waals surface area contributed by atoms with Gasteiger partial charge in [0, 0.05) is 11.5 Å². The predicted octanol–water partition coefficient (Wildman–Crippen LogP) is 2.12. The van der Waals surface area contributed by atoms with Crippen molar-refractivity contribution in [1.82, 2.24) is 9.97 Å². The number of rotatable bonds is 2. The molecule has 1 heterocycles. The topological polar surface area (TPSA) is 63.1 Å². The maximum absolute atomic E-state index is 10.9. The van der Waals surface area contributed by atoms with Gasteiger partial charge >= 0.3 is 0 Å². The zero-order chi connectivity index (χ0) is 11.5. The third-order valence-electron chi connectivity index (χ3n) is 2.13. The molecule has 0 spiro atoms. The summed E-state index contributed by atoms with van der Waals surface area (Å²) in [5.74, 6) is -0.355. The van der Waals surface area contributed by atoms with Gasteiger partial charge in [-0.15, -0.1) is 0 Å². The SMILES string of the molecule is CC(=O)C=C(O)c1ncnc2ccccc12. The van der Waals surface area contributed by atoms with E-state index in [0.717, 1.165) is 17.0 Å². The predicted molar refractivity (Wildman–Crippen MR) is 60.8 cm³/mol. The number of nitrogens with zero attached hydrogens (tertiary/aromatic N) is 2. The number of carbonyl (C=O) groups excluding carboxylic acids is 1. The van der Waals surface area contributed by atoms with Gasteiger partial charge in [0.2, 0.25) is 0 Å². The van der Waals surface area contributed by atoms with Crippen LogP contribution in [0.15, 0.2) is 36.7 Å². The van der Waals surface area contributed by atoms with Crippen molar-refractivity contribution in [2.24, 2.45) is 0 Å². The van der Waals surface area contributed by atoms with E-state index in [1.165, 1.54) is 13.3 Å². The van der Waals surface area contributed by atoms with Crippen LogP contribution >= 0.6 is 0 Å². The van der Waals surface area contributed by atoms with Gasteiger partial charge in [-0.3, -0.25) is 4.79 Å². The van der Waals surface area contributed by atoms with E-state index < -0.39 is 0 Å². The second-order valence-corrected chi connectivity index (χ2v) is 3.38. The molecule has 0 radical (unpaired) electrons. The molecule has 0 atom stereocenters. The van der Waals surface area contributed by atoms with E-state index in [2.05, 4.69) is 9.97 Å². The number of aliphatic hydroxyl groups is 1. The van der Waals surface area contributed by atoms with E-state index >= 15 is 0 Å². The summed E-state index contributed by atoms with van der Waals surface area (Å²) < 4.78 is 0. The highest BCUT2D eigenvalue weighted by Gasteiger charge is 2.07. The number of fused-ring (bicyclic) bond motifs is 1. The van der Waals surface area contributed by atoms with Crippen LogP contribution in [0.1, 0.15) is 12.6 Å². The summed E-state index contributed by atoms with van der Waals surface area (Å²) in [5, 5.41) is 10.5. The highest BCUT2D eigenvalue weighted by molar-refractivity contribution is 5.97. The van der Waals surface area contributed by atoms with Crippen molar-refractivity contribution in [3.8, 4) is 0 Å². The standard InChI is InChI=1S/C12H10N2O2/c1-8(15)6-11(16)12-9-4-2-3-5-10(9)13-7-14-12/h2-7,16H,1H3. The normalized spacial score (nSPS) is 11.7. The molecule has 0 aliphatic carbocycles. The van der Waals surface area contributed by atoms with Gasteiger partial charge in [0.15, 0.2) is 5.78 Å². The minimum Gasteiger partial charge on any atom is -0.506 e. The molecule has 0 amide bonds. The molecule has 16 heavy (non-hydrogen) atoms. The van der Waals surface area contributed by atoms with Crippen molar-refractivity contribution >= 4 is 22.4 Å². The molecular formula is C12H10N2O2. The van der Waals surface area contributed by atoms with Crippen LogP contribution in [0.25, 0.3) is 16.7 Å². The van der Waals surface area contributed by atoms with E-state index in [4.69, 9.17) is 0 Å². The highest BCUT2D eigenvalue weighted by Crippen LogP contribution is 2.19. The molecular weight excluding hydrogens is 204 g/mol. The molecule has 4 nitrogen and oxygen atoms in total. The molecule has 1 N–H and O–H groups in total. The molecule has 0 fully saturated rings. The third kappa shape index (κ3) is 1.91. The maximum Gasteiger partial charge on any atom is 0.156 e. The first kappa shape index (κ1) is 10.3. The van der Waals surface area contributed by atoms with Crippen molar-refractivity contribution in [2.75, 3.05) is 0 Å². The van der Waals surface area contributed by atoms with Gasteiger partial charge in [-0.1, -0.05) is 18.2 Å². The number of aliphatic hydroxyl groups excluding tert-OH is 1. The Morgan fingerprint density at radius 1 is 1.31 bits per heavy atom. The molecule has 2 aromatic rings. The summed E-state index contributed by atoms with van der Waals surface area (Å²) in [5.41, 5.74) is 1.11. The number of para-hydroxylation sites is 1. The molecule has 1 aromatic heterocycles. The first-order chi connectivity index (χ1) is 7.68. The molecule has 0 bridgehead atoms. The molecule has 0 aliphatic heterocycles. The molecule has 0 saturated carbocycles. The first-order valence-electron chi connectivity index (χ1n) is 4.80. The lowest BCUT2D eigenvalue weighted by atomic mass is 10.1. The van der Waals surface area contributed by atoms with Crippen LogP contribution in [0, 0.1) is 0 Å². The Hall–Kier alpha value is -2.23. The lowest BCUT2D eigenvalue weighted by Gasteiger charge is -2.02. The zero-order valence-electron chi connectivity index (χ0n) is 8.71. The Bertz CT molecular complexity index is 571. The van der Waals surface area contributed by atoms with Crippen molar-refractivity contribution in [1.29, 1.82) is 0 Å². The van der Waals surface area contributed by atoms with Crippen molar-refractivity contribution in [2.45, 2.75) is 6.92 Å². The number of benzene rings is 1. The maximum atomic E-state index is 10.9. The Balaban J connectivity index is 2.65. The van der Waals surface area contributed by atoms with Crippen LogP contribution in [-0.2, 0) is 4.79 Å². The summed E-state index contributed by atoms with van der Waals surface area (Å²) in [6.07, 6.45) is 2.51. The van der Waals surface area contributed by atoms with E-state index in [1.54, 1.807) is 6.07 Å². The van der Waals surface area contributed by atoms with E-state index in [-0.39, 0.29) is 11.5 Å². The average molecular weight is 214 g/mol. The van der Waals surface area contributed by atoms with Crippen LogP contribution < -0.4 is 0 Å². The molecule has 4 heteroatoms. The van der Waals surface area contributed by atoms with Gasteiger partial charge in [0.05, 0.1) is 5.52 Å². The number of carbonyl (C=O) groups is 1. The van der Waals surface area contributed by atoms with Gasteiger partial charge in [0.25, 0.3) is 0 Å². The summed E-state index contributed by atoms with van der Waals surface area (Å²) in [6.45, 7) is 1.37. The van der Waals surface area contributed by atoms with Crippen LogP contribution in [-0.4, -0.2) is 20.9 Å². The molecule has 0 aliphatic rings. The minimum absolute atomic E-state index is 0.133. The molecule has 0 unspecified atom stereocenters. The van der Waals surface area contributed by atoms with Gasteiger partial charge < -0.3 is 5.11 Å². The lowest BCUT2D eigenvalue weighted by molar-refractivity contribution is -0.112. The number of ketones is 1. The van der Waals surface area contributed by atoms with Crippen LogP contribution in [0.3, 0.4) is 0 Å². The lowest BCUT2D eigenvalue weighted by Crippen LogP contribution is -1.94. The van der Waals surface area contributed by atoms with Crippen LogP contribution in [0.4, 0.5) is 0 Å². The third-order valence-corrected chi connectivity index (χ3v) is 2.13. The van der Waals surface area contributed by atoms with Crippen LogP contribution in [0.5, 0.6) is 0 Å². The monoisotopic (exact) mass is 214 g/mol. The minimum atomic E-state index is -0.222. The summed E-state index contributed by atoms with van der Waals surface area (Å²) in [6, 6.07) is 7.30. The zero-order valence-corrected chi connectivity index (χ0v) is 8.71. The van der Waals surface area contributed by atoms with E-state index in [1.807, 2.05) is 18.2 Å². The first-order valence-corrected chi connectivity index (χ1v) is 4.80. The molecule has 2 rings (SSSR count). The highest BCUT2D eigenvalue weighted by atomic mass is 16.3. The average Bonchev–Trinajstić information content (AvgIpc) is 2.27. The summed E-state index contributed by atoms with van der Waals surface area (Å²) >= 11 is 0. The van der Waals surface area contributed by atoms with Gasteiger partial charge in [-0.05, 0) is 13.0 Å². The Labute approximate surface area is 92.3 Å². The number of allylic oxidation sites excluding steroid dienone is 1. The summed E-state index contributed by atoms with van der Waals surface area (Å²) in [7, 11) is 0. The van der Waals surface area contributed by atoms with Gasteiger partial charge in [0.1, 0.15) is 17.8 Å². The fraction of sp³-hybridized carbons (Fsp3) is 0.0833. The van der Waals surface area contributed by atoms with Gasteiger partial charge in [-0.25, -0.2) is 9.97 Å². The van der Waals surface area contributed by atoms with E-state index in [9.17, 15) is 9.90 Å². The smallest absolute Gasteiger partial charge is 0.156 e. The Morgan fingerprint density at radius 3 is 2.81 bits per heavy atom. The Morgan fingerprint density at radius 2 is 2.06 bits per heavy atom. The fourth-order valence-electron chi connectivity index (χ4n) is 1.47. The number of hydrogen-bond donors (Lipinski definition) is 1. The summed E-state index contributed by atoms with van der Waals surface area (Å²) in [4.78, 5) is 18.9. The fourth-order valence-corrected chi connectivity index (χ4v) is 1.47. The Kier molecular flexibility index (Phi) is 2.64. The van der Waals surface area contributed by atoms with Crippen molar-refractivity contribution in [3.05, 3.63) is 42.4 Å². The quantitative estimate of drug-likeness (QED) is 0.614. The number of hydrogen-bond acceptors (Lipinski definition) is 4. The second kappa shape index (κ2) is 4.10. The van der Waals surface area contributed by atoms with Gasteiger partial charge in [-0.2, -0.15) is 0 Å². The largest absolute Gasteiger partial charge is 0.506 e.